The van der Waals surface area contributed by atoms with E-state index < -0.39 is 0 Å². The van der Waals surface area contributed by atoms with Crippen LogP contribution in [0.2, 0.25) is 0 Å². The molecule has 0 unspecified atom stereocenters. The molecule has 4 nitrogen and oxygen atoms in total. The first-order valence-electron chi connectivity index (χ1n) is 7.48. The second-order valence-electron chi connectivity index (χ2n) is 5.30. The summed E-state index contributed by atoms with van der Waals surface area (Å²) in [5.41, 5.74) is 3.82. The molecule has 24 heavy (non-hydrogen) atoms. The second kappa shape index (κ2) is 6.37. The second-order valence-corrected chi connectivity index (χ2v) is 6.22. The number of benzene rings is 2. The molecule has 0 atom stereocenters. The van der Waals surface area contributed by atoms with Gasteiger partial charge >= 0.3 is 0 Å². The van der Waals surface area contributed by atoms with Crippen molar-refractivity contribution in [2.45, 2.75) is 0 Å². The number of rotatable bonds is 3. The van der Waals surface area contributed by atoms with Crippen LogP contribution in [-0.2, 0) is 0 Å². The number of pyridine rings is 1. The van der Waals surface area contributed by atoms with Crippen molar-refractivity contribution >= 4 is 38.3 Å². The number of anilines is 2. The lowest BCUT2D eigenvalue weighted by molar-refractivity contribution is 1.22. The summed E-state index contributed by atoms with van der Waals surface area (Å²) >= 11 is 3.49. The van der Waals surface area contributed by atoms with Gasteiger partial charge in [-0.1, -0.05) is 34.1 Å². The molecule has 4 aromatic rings. The maximum atomic E-state index is 4.41. The predicted octanol–water partition coefficient (Wildman–Crippen LogP) is 5.20. The van der Waals surface area contributed by atoms with Gasteiger partial charge < -0.3 is 5.32 Å². The largest absolute Gasteiger partial charge is 0.340 e. The fraction of sp³-hybridized carbons (Fsp3) is 0. The standard InChI is InChI=1S/C19H13BrN4/c20-14-4-3-5-15(11-14)24-19-16-10-13(17-6-1-2-9-21-17)7-8-18(16)22-12-23-19/h1-12H,(H,22,23,24). The summed E-state index contributed by atoms with van der Waals surface area (Å²) in [7, 11) is 0. The van der Waals surface area contributed by atoms with Gasteiger partial charge in [0.2, 0.25) is 0 Å². The van der Waals surface area contributed by atoms with Gasteiger partial charge in [-0.05, 0) is 42.5 Å². The Kier molecular flexibility index (Phi) is 3.92. The molecule has 0 aliphatic carbocycles. The zero-order valence-corrected chi connectivity index (χ0v) is 14.2. The molecule has 116 valence electrons. The van der Waals surface area contributed by atoms with Crippen molar-refractivity contribution in [2.75, 3.05) is 5.32 Å². The summed E-state index contributed by atoms with van der Waals surface area (Å²) in [6.45, 7) is 0. The van der Waals surface area contributed by atoms with Crippen LogP contribution in [0.4, 0.5) is 11.5 Å². The van der Waals surface area contributed by atoms with Crippen molar-refractivity contribution in [1.82, 2.24) is 15.0 Å². The summed E-state index contributed by atoms with van der Waals surface area (Å²) in [6, 6.07) is 20.0. The Morgan fingerprint density at radius 3 is 2.62 bits per heavy atom. The third-order valence-corrected chi connectivity index (χ3v) is 4.18. The number of hydrogen-bond acceptors (Lipinski definition) is 4. The minimum Gasteiger partial charge on any atom is -0.340 e. The van der Waals surface area contributed by atoms with E-state index in [0.29, 0.717) is 0 Å². The Morgan fingerprint density at radius 2 is 1.79 bits per heavy atom. The van der Waals surface area contributed by atoms with Crippen molar-refractivity contribution in [3.05, 3.63) is 77.7 Å². The fourth-order valence-corrected chi connectivity index (χ4v) is 2.95. The summed E-state index contributed by atoms with van der Waals surface area (Å²) in [5, 5.41) is 4.32. The molecule has 0 amide bonds. The average Bonchev–Trinajstić information content (AvgIpc) is 2.62. The van der Waals surface area contributed by atoms with Crippen molar-refractivity contribution in [3.63, 3.8) is 0 Å². The van der Waals surface area contributed by atoms with Gasteiger partial charge in [-0.3, -0.25) is 4.98 Å². The zero-order chi connectivity index (χ0) is 16.4. The quantitative estimate of drug-likeness (QED) is 0.533. The Balaban J connectivity index is 1.80. The van der Waals surface area contributed by atoms with Gasteiger partial charge in [0.1, 0.15) is 12.1 Å². The molecule has 0 aliphatic heterocycles. The van der Waals surface area contributed by atoms with E-state index in [1.54, 1.807) is 12.5 Å². The lowest BCUT2D eigenvalue weighted by atomic mass is 10.1. The maximum Gasteiger partial charge on any atom is 0.141 e. The van der Waals surface area contributed by atoms with E-state index in [0.717, 1.165) is 38.1 Å². The van der Waals surface area contributed by atoms with E-state index in [1.807, 2.05) is 54.6 Å². The van der Waals surface area contributed by atoms with Gasteiger partial charge in [-0.25, -0.2) is 9.97 Å². The summed E-state index contributed by atoms with van der Waals surface area (Å²) in [4.78, 5) is 13.2. The molecule has 0 saturated heterocycles. The monoisotopic (exact) mass is 376 g/mol. The first-order chi connectivity index (χ1) is 11.8. The molecular weight excluding hydrogens is 364 g/mol. The molecule has 0 fully saturated rings. The van der Waals surface area contributed by atoms with Crippen LogP contribution in [0.3, 0.4) is 0 Å². The third-order valence-electron chi connectivity index (χ3n) is 3.68. The lowest BCUT2D eigenvalue weighted by Gasteiger charge is -2.10. The fourth-order valence-electron chi connectivity index (χ4n) is 2.55. The molecule has 5 heteroatoms. The first-order valence-corrected chi connectivity index (χ1v) is 8.28. The molecule has 0 saturated carbocycles. The zero-order valence-electron chi connectivity index (χ0n) is 12.6. The van der Waals surface area contributed by atoms with Crippen LogP contribution in [0, 0.1) is 0 Å². The number of hydrogen-bond donors (Lipinski definition) is 1. The van der Waals surface area contributed by atoms with Gasteiger partial charge in [-0.2, -0.15) is 0 Å². The maximum absolute atomic E-state index is 4.41. The molecule has 0 aliphatic rings. The van der Waals surface area contributed by atoms with Gasteiger partial charge in [0.15, 0.2) is 0 Å². The number of fused-ring (bicyclic) bond motifs is 1. The highest BCUT2D eigenvalue weighted by molar-refractivity contribution is 9.10. The third kappa shape index (κ3) is 2.98. The lowest BCUT2D eigenvalue weighted by Crippen LogP contribution is -1.96. The first kappa shape index (κ1) is 14.8. The Morgan fingerprint density at radius 1 is 0.833 bits per heavy atom. The Bertz CT molecular complexity index is 1000. The van der Waals surface area contributed by atoms with E-state index in [9.17, 15) is 0 Å². The number of nitrogens with one attached hydrogen (secondary N) is 1. The number of nitrogens with zero attached hydrogens (tertiary/aromatic N) is 3. The van der Waals surface area contributed by atoms with Gasteiger partial charge in [0, 0.05) is 27.3 Å². The van der Waals surface area contributed by atoms with Crippen LogP contribution in [0.25, 0.3) is 22.2 Å². The summed E-state index contributed by atoms with van der Waals surface area (Å²) in [6.07, 6.45) is 3.37. The number of halogens is 1. The summed E-state index contributed by atoms with van der Waals surface area (Å²) < 4.78 is 1.01. The molecule has 4 rings (SSSR count). The van der Waals surface area contributed by atoms with Crippen molar-refractivity contribution < 1.29 is 0 Å². The number of aromatic nitrogens is 3. The van der Waals surface area contributed by atoms with E-state index >= 15 is 0 Å². The average molecular weight is 377 g/mol. The molecule has 0 bridgehead atoms. The minimum absolute atomic E-state index is 0.774. The molecule has 0 radical (unpaired) electrons. The molecule has 2 heterocycles. The smallest absolute Gasteiger partial charge is 0.141 e. The van der Waals surface area contributed by atoms with Gasteiger partial charge in [-0.15, -0.1) is 0 Å². The molecule has 1 N–H and O–H groups in total. The van der Waals surface area contributed by atoms with Gasteiger partial charge in [0.05, 0.1) is 11.2 Å². The Hall–Kier alpha value is -2.79. The van der Waals surface area contributed by atoms with Crippen LogP contribution < -0.4 is 5.32 Å². The minimum atomic E-state index is 0.774. The molecular formula is C19H13BrN4. The van der Waals surface area contributed by atoms with E-state index in [-0.39, 0.29) is 0 Å². The summed E-state index contributed by atoms with van der Waals surface area (Å²) in [5.74, 6) is 0.774. The molecule has 0 spiro atoms. The van der Waals surface area contributed by atoms with E-state index in [1.165, 1.54) is 0 Å². The van der Waals surface area contributed by atoms with Crippen molar-refractivity contribution in [2.24, 2.45) is 0 Å². The van der Waals surface area contributed by atoms with Crippen molar-refractivity contribution in [1.29, 1.82) is 0 Å². The van der Waals surface area contributed by atoms with Crippen LogP contribution >= 0.6 is 15.9 Å². The molecule has 2 aromatic carbocycles. The highest BCUT2D eigenvalue weighted by Crippen LogP contribution is 2.28. The topological polar surface area (TPSA) is 50.7 Å². The SMILES string of the molecule is Brc1cccc(Nc2ncnc3ccc(-c4ccccn4)cc23)c1. The highest BCUT2D eigenvalue weighted by Gasteiger charge is 2.07. The van der Waals surface area contributed by atoms with Gasteiger partial charge in [0.25, 0.3) is 0 Å². The Labute approximate surface area is 147 Å². The highest BCUT2D eigenvalue weighted by atomic mass is 79.9. The van der Waals surface area contributed by atoms with Crippen LogP contribution in [0.15, 0.2) is 77.7 Å². The predicted molar refractivity (Wildman–Crippen MR) is 100 cm³/mol. The van der Waals surface area contributed by atoms with Crippen molar-refractivity contribution in [3.8, 4) is 11.3 Å². The van der Waals surface area contributed by atoms with Crippen LogP contribution in [-0.4, -0.2) is 15.0 Å². The van der Waals surface area contributed by atoms with E-state index in [2.05, 4.69) is 42.3 Å². The van der Waals surface area contributed by atoms with Crippen LogP contribution in [0.1, 0.15) is 0 Å². The van der Waals surface area contributed by atoms with Crippen LogP contribution in [0.5, 0.6) is 0 Å². The normalized spacial score (nSPS) is 10.7. The van der Waals surface area contributed by atoms with E-state index in [4.69, 9.17) is 0 Å². The molecule has 2 aromatic heterocycles.